The summed E-state index contributed by atoms with van der Waals surface area (Å²) in [6.45, 7) is 7.26. The zero-order valence-electron chi connectivity index (χ0n) is 16.9. The van der Waals surface area contributed by atoms with Gasteiger partial charge in [0.25, 0.3) is 5.91 Å². The van der Waals surface area contributed by atoms with Crippen molar-refractivity contribution in [2.45, 2.75) is 20.3 Å². The van der Waals surface area contributed by atoms with Crippen LogP contribution in [0.25, 0.3) is 0 Å². The van der Waals surface area contributed by atoms with Gasteiger partial charge in [-0.1, -0.05) is 12.1 Å². The highest BCUT2D eigenvalue weighted by Gasteiger charge is 2.25. The Hall–Kier alpha value is -2.69. The molecule has 1 aliphatic rings. The maximum Gasteiger partial charge on any atom is 0.264 e. The molecule has 0 bridgehead atoms. The second-order valence-electron chi connectivity index (χ2n) is 7.35. The van der Waals surface area contributed by atoms with Gasteiger partial charge >= 0.3 is 0 Å². The zero-order valence-corrected chi connectivity index (χ0v) is 17.7. The Morgan fingerprint density at radius 2 is 1.83 bits per heavy atom. The Morgan fingerprint density at radius 1 is 1.14 bits per heavy atom. The van der Waals surface area contributed by atoms with Gasteiger partial charge in [-0.25, -0.2) is 0 Å². The summed E-state index contributed by atoms with van der Waals surface area (Å²) in [5.74, 6) is 0.0557. The minimum Gasteiger partial charge on any atom is -0.335 e. The van der Waals surface area contributed by atoms with Crippen molar-refractivity contribution in [1.29, 1.82) is 5.26 Å². The number of carbonyl (C=O) groups is 2. The van der Waals surface area contributed by atoms with E-state index in [-0.39, 0.29) is 11.8 Å². The van der Waals surface area contributed by atoms with Crippen LogP contribution in [0.4, 0.5) is 5.69 Å². The number of piperazine rings is 1. The lowest BCUT2D eigenvalue weighted by Gasteiger charge is -2.35. The third kappa shape index (κ3) is 5.43. The van der Waals surface area contributed by atoms with E-state index in [0.717, 1.165) is 21.7 Å². The van der Waals surface area contributed by atoms with Gasteiger partial charge in [0.2, 0.25) is 5.91 Å². The average molecular weight is 411 g/mol. The van der Waals surface area contributed by atoms with Gasteiger partial charge in [0.15, 0.2) is 0 Å². The van der Waals surface area contributed by atoms with Gasteiger partial charge in [0.05, 0.1) is 23.9 Å². The van der Waals surface area contributed by atoms with Gasteiger partial charge in [-0.15, -0.1) is 11.3 Å². The summed E-state index contributed by atoms with van der Waals surface area (Å²) >= 11 is 1.46. The highest BCUT2D eigenvalue weighted by molar-refractivity contribution is 7.12. The zero-order chi connectivity index (χ0) is 20.8. The molecule has 0 aliphatic carbocycles. The summed E-state index contributed by atoms with van der Waals surface area (Å²) in [4.78, 5) is 31.9. The number of thiophene rings is 1. The molecule has 1 aromatic heterocycles. The first-order valence-corrected chi connectivity index (χ1v) is 10.7. The predicted molar refractivity (Wildman–Crippen MR) is 115 cm³/mol. The molecule has 1 aromatic carbocycles. The van der Waals surface area contributed by atoms with Crippen LogP contribution >= 0.6 is 11.3 Å². The van der Waals surface area contributed by atoms with E-state index in [1.165, 1.54) is 11.3 Å². The van der Waals surface area contributed by atoms with Crippen molar-refractivity contribution in [3.8, 4) is 6.07 Å². The Balaban J connectivity index is 1.61. The van der Waals surface area contributed by atoms with Crippen molar-refractivity contribution in [2.24, 2.45) is 0 Å². The van der Waals surface area contributed by atoms with Crippen LogP contribution in [0.2, 0.25) is 0 Å². The molecule has 29 heavy (non-hydrogen) atoms. The van der Waals surface area contributed by atoms with Crippen LogP contribution in [0.15, 0.2) is 35.7 Å². The molecule has 2 aromatic rings. The Morgan fingerprint density at radius 3 is 2.41 bits per heavy atom. The number of amides is 2. The number of nitrogens with zero attached hydrogens (tertiary/aromatic N) is 4. The van der Waals surface area contributed by atoms with Crippen LogP contribution in [0.1, 0.15) is 27.2 Å². The molecule has 0 saturated carbocycles. The fourth-order valence-electron chi connectivity index (χ4n) is 3.61. The Labute approximate surface area is 175 Å². The quantitative estimate of drug-likeness (QED) is 0.734. The molecule has 152 valence electrons. The van der Waals surface area contributed by atoms with Gasteiger partial charge in [-0.2, -0.15) is 5.26 Å². The molecular weight excluding hydrogens is 384 g/mol. The molecule has 7 heteroatoms. The highest BCUT2D eigenvalue weighted by atomic mass is 32.1. The molecule has 1 fully saturated rings. The van der Waals surface area contributed by atoms with Gasteiger partial charge in [-0.05, 0) is 48.6 Å². The number of benzene rings is 1. The van der Waals surface area contributed by atoms with Crippen molar-refractivity contribution < 1.29 is 9.59 Å². The summed E-state index contributed by atoms with van der Waals surface area (Å²) in [7, 11) is 0. The largest absolute Gasteiger partial charge is 0.335 e. The number of aryl methyl sites for hydroxylation is 2. The van der Waals surface area contributed by atoms with Crippen molar-refractivity contribution in [2.75, 3.05) is 44.2 Å². The third-order valence-electron chi connectivity index (χ3n) is 5.02. The van der Waals surface area contributed by atoms with Gasteiger partial charge < -0.3 is 9.80 Å². The number of nitriles is 1. The fraction of sp³-hybridized carbons (Fsp3) is 0.409. The molecule has 2 amide bonds. The number of hydrogen-bond acceptors (Lipinski definition) is 5. The fourth-order valence-corrected chi connectivity index (χ4v) is 4.30. The smallest absolute Gasteiger partial charge is 0.264 e. The monoisotopic (exact) mass is 410 g/mol. The van der Waals surface area contributed by atoms with Crippen molar-refractivity contribution in [3.05, 3.63) is 51.7 Å². The number of hydrogen-bond donors (Lipinski definition) is 0. The molecule has 6 nitrogen and oxygen atoms in total. The average Bonchev–Trinajstić information content (AvgIpc) is 3.22. The molecule has 0 spiro atoms. The summed E-state index contributed by atoms with van der Waals surface area (Å²) < 4.78 is 0. The van der Waals surface area contributed by atoms with Gasteiger partial charge in [-0.3, -0.25) is 14.5 Å². The third-order valence-corrected chi connectivity index (χ3v) is 5.87. The van der Waals surface area contributed by atoms with Crippen LogP contribution in [-0.2, 0) is 4.79 Å². The second kappa shape index (κ2) is 9.68. The Bertz CT molecular complexity index is 876. The standard InChI is InChI=1S/C22H26N4O2S/c1-17-13-18(2)15-19(14-17)26(7-4-6-23)21(27)16-24-8-10-25(11-9-24)22(28)20-5-3-12-29-20/h3,5,12-15H,4,7-11,16H2,1-2H3. The molecule has 1 saturated heterocycles. The maximum absolute atomic E-state index is 13.0. The molecule has 0 N–H and O–H groups in total. The molecule has 0 unspecified atom stereocenters. The van der Waals surface area contributed by atoms with Gasteiger partial charge in [0, 0.05) is 38.4 Å². The van der Waals surface area contributed by atoms with E-state index in [0.29, 0.717) is 45.7 Å². The van der Waals surface area contributed by atoms with E-state index < -0.39 is 0 Å². The van der Waals surface area contributed by atoms with Crippen molar-refractivity contribution >= 4 is 28.8 Å². The molecule has 0 radical (unpaired) electrons. The predicted octanol–water partition coefficient (Wildman–Crippen LogP) is 3.07. The van der Waals surface area contributed by atoms with Crippen LogP contribution in [0.5, 0.6) is 0 Å². The van der Waals surface area contributed by atoms with Crippen LogP contribution in [0, 0.1) is 25.2 Å². The summed E-state index contributed by atoms with van der Waals surface area (Å²) in [6, 6.07) is 11.9. The Kier molecular flexibility index (Phi) is 7.02. The van der Waals surface area contributed by atoms with E-state index in [1.807, 2.05) is 48.4 Å². The van der Waals surface area contributed by atoms with E-state index in [1.54, 1.807) is 4.90 Å². The first kappa shape index (κ1) is 21.0. The van der Waals surface area contributed by atoms with Crippen LogP contribution in [-0.4, -0.2) is 60.9 Å². The van der Waals surface area contributed by atoms with E-state index >= 15 is 0 Å². The first-order valence-electron chi connectivity index (χ1n) is 9.78. The summed E-state index contributed by atoms with van der Waals surface area (Å²) in [6.07, 6.45) is 0.293. The molecule has 2 heterocycles. The van der Waals surface area contributed by atoms with Crippen LogP contribution in [0.3, 0.4) is 0 Å². The maximum atomic E-state index is 13.0. The topological polar surface area (TPSA) is 67.7 Å². The second-order valence-corrected chi connectivity index (χ2v) is 8.29. The first-order chi connectivity index (χ1) is 14.0. The molecule has 1 aliphatic heterocycles. The van der Waals surface area contributed by atoms with Crippen LogP contribution < -0.4 is 4.90 Å². The van der Waals surface area contributed by atoms with E-state index in [9.17, 15) is 9.59 Å². The summed E-state index contributed by atoms with van der Waals surface area (Å²) in [5.41, 5.74) is 3.03. The van der Waals surface area contributed by atoms with Gasteiger partial charge in [0.1, 0.15) is 0 Å². The molecular formula is C22H26N4O2S. The lowest BCUT2D eigenvalue weighted by atomic mass is 10.1. The minimum absolute atomic E-state index is 0.0108. The number of carbonyl (C=O) groups excluding carboxylic acids is 2. The number of anilines is 1. The lowest BCUT2D eigenvalue weighted by molar-refractivity contribution is -0.120. The minimum atomic E-state index is -0.0108. The van der Waals surface area contributed by atoms with E-state index in [2.05, 4.69) is 17.0 Å². The van der Waals surface area contributed by atoms with Crippen molar-refractivity contribution in [1.82, 2.24) is 9.80 Å². The lowest BCUT2D eigenvalue weighted by Crippen LogP contribution is -2.51. The number of rotatable bonds is 6. The SMILES string of the molecule is Cc1cc(C)cc(N(CCC#N)C(=O)CN2CCN(C(=O)c3cccs3)CC2)c1. The normalized spacial score (nSPS) is 14.4. The molecule has 0 atom stereocenters. The van der Waals surface area contributed by atoms with E-state index in [4.69, 9.17) is 5.26 Å². The molecule has 3 rings (SSSR count). The highest BCUT2D eigenvalue weighted by Crippen LogP contribution is 2.20. The van der Waals surface area contributed by atoms with Crippen molar-refractivity contribution in [3.63, 3.8) is 0 Å². The summed E-state index contributed by atoms with van der Waals surface area (Å²) in [5, 5.41) is 10.9.